The van der Waals surface area contributed by atoms with Gasteiger partial charge in [-0.2, -0.15) is 11.3 Å². The van der Waals surface area contributed by atoms with Crippen LogP contribution in [0.1, 0.15) is 21.9 Å². The fourth-order valence-electron chi connectivity index (χ4n) is 1.97. The summed E-state index contributed by atoms with van der Waals surface area (Å²) in [7, 11) is 1.25. The molecule has 1 fully saturated rings. The SMILES string of the molecule is COC(=O)c1ccc(CN2C(=O)S/C(=C/c3ccsc3)C2=O)o1. The minimum Gasteiger partial charge on any atom is -0.463 e. The lowest BCUT2D eigenvalue weighted by Gasteiger charge is -2.09. The predicted molar refractivity (Wildman–Crippen MR) is 85.9 cm³/mol. The number of furan rings is 1. The van der Waals surface area contributed by atoms with Crippen LogP contribution in [-0.2, 0) is 16.1 Å². The molecule has 0 atom stereocenters. The van der Waals surface area contributed by atoms with Gasteiger partial charge in [0.25, 0.3) is 11.1 Å². The Morgan fingerprint density at radius 3 is 2.87 bits per heavy atom. The lowest BCUT2D eigenvalue weighted by Crippen LogP contribution is -2.27. The molecule has 3 heterocycles. The van der Waals surface area contributed by atoms with Crippen molar-refractivity contribution in [3.63, 3.8) is 0 Å². The summed E-state index contributed by atoms with van der Waals surface area (Å²) in [6, 6.07) is 4.85. The highest BCUT2D eigenvalue weighted by molar-refractivity contribution is 8.18. The number of rotatable bonds is 4. The maximum absolute atomic E-state index is 12.3. The molecule has 118 valence electrons. The second kappa shape index (κ2) is 6.43. The summed E-state index contributed by atoms with van der Waals surface area (Å²) >= 11 is 2.40. The Morgan fingerprint density at radius 1 is 1.35 bits per heavy atom. The van der Waals surface area contributed by atoms with E-state index < -0.39 is 5.97 Å². The molecule has 0 spiro atoms. The van der Waals surface area contributed by atoms with E-state index in [1.165, 1.54) is 30.6 Å². The van der Waals surface area contributed by atoms with Crippen LogP contribution in [0.2, 0.25) is 0 Å². The van der Waals surface area contributed by atoms with Gasteiger partial charge in [0.1, 0.15) is 5.76 Å². The second-order valence-corrected chi connectivity index (χ2v) is 6.36. The zero-order valence-corrected chi connectivity index (χ0v) is 13.6. The topological polar surface area (TPSA) is 76.8 Å². The molecule has 2 aromatic heterocycles. The monoisotopic (exact) mass is 349 g/mol. The van der Waals surface area contributed by atoms with Crippen molar-refractivity contribution in [1.82, 2.24) is 4.90 Å². The van der Waals surface area contributed by atoms with Crippen LogP contribution >= 0.6 is 23.1 Å². The summed E-state index contributed by atoms with van der Waals surface area (Å²) in [5, 5.41) is 3.42. The van der Waals surface area contributed by atoms with Crippen molar-refractivity contribution < 1.29 is 23.5 Å². The second-order valence-electron chi connectivity index (χ2n) is 4.58. The summed E-state index contributed by atoms with van der Waals surface area (Å²) in [4.78, 5) is 37.2. The number of hydrogen-bond donors (Lipinski definition) is 0. The average molecular weight is 349 g/mol. The van der Waals surface area contributed by atoms with E-state index in [1.54, 1.807) is 6.08 Å². The molecule has 0 aromatic carbocycles. The summed E-state index contributed by atoms with van der Waals surface area (Å²) < 4.78 is 9.83. The molecule has 0 bridgehead atoms. The number of carbonyl (C=O) groups is 3. The van der Waals surface area contributed by atoms with E-state index >= 15 is 0 Å². The maximum Gasteiger partial charge on any atom is 0.373 e. The molecule has 1 aliphatic heterocycles. The van der Waals surface area contributed by atoms with Crippen LogP contribution in [0.5, 0.6) is 0 Å². The standard InChI is InChI=1S/C15H11NO5S2/c1-20-14(18)11-3-2-10(21-11)7-16-13(17)12(23-15(16)19)6-9-4-5-22-8-9/h2-6,8H,7H2,1H3/b12-6+. The number of amides is 2. The van der Waals surface area contributed by atoms with Gasteiger partial charge < -0.3 is 9.15 Å². The molecule has 1 aliphatic rings. The zero-order valence-electron chi connectivity index (χ0n) is 12.0. The fourth-order valence-corrected chi connectivity index (χ4v) is 3.43. The molecule has 6 nitrogen and oxygen atoms in total. The summed E-state index contributed by atoms with van der Waals surface area (Å²) in [6.07, 6.45) is 1.68. The highest BCUT2D eigenvalue weighted by atomic mass is 32.2. The normalized spacial score (nSPS) is 16.4. The third-order valence-electron chi connectivity index (χ3n) is 3.08. The lowest BCUT2D eigenvalue weighted by molar-refractivity contribution is -0.123. The Balaban J connectivity index is 1.76. The molecule has 23 heavy (non-hydrogen) atoms. The Morgan fingerprint density at radius 2 is 2.17 bits per heavy atom. The number of thioether (sulfide) groups is 1. The first-order valence-electron chi connectivity index (χ1n) is 6.53. The van der Waals surface area contributed by atoms with E-state index in [-0.39, 0.29) is 23.5 Å². The van der Waals surface area contributed by atoms with Gasteiger partial charge in [0.05, 0.1) is 18.6 Å². The minimum atomic E-state index is -0.609. The molecule has 8 heteroatoms. The van der Waals surface area contributed by atoms with Crippen LogP contribution in [0.15, 0.2) is 38.3 Å². The predicted octanol–water partition coefficient (Wildman–Crippen LogP) is 3.36. The number of nitrogens with zero attached hydrogens (tertiary/aromatic N) is 1. The highest BCUT2D eigenvalue weighted by Gasteiger charge is 2.35. The third kappa shape index (κ3) is 3.22. The molecule has 0 aliphatic carbocycles. The first-order chi connectivity index (χ1) is 11.1. The Kier molecular flexibility index (Phi) is 4.35. The molecule has 0 N–H and O–H groups in total. The molecule has 2 aromatic rings. The van der Waals surface area contributed by atoms with E-state index in [9.17, 15) is 14.4 Å². The highest BCUT2D eigenvalue weighted by Crippen LogP contribution is 2.33. The Hall–Kier alpha value is -2.32. The molecule has 1 saturated heterocycles. The smallest absolute Gasteiger partial charge is 0.373 e. The molecule has 0 radical (unpaired) electrons. The average Bonchev–Trinajstić information content (AvgIpc) is 3.26. The van der Waals surface area contributed by atoms with Gasteiger partial charge in [0.15, 0.2) is 0 Å². The summed E-state index contributed by atoms with van der Waals surface area (Å²) in [6.45, 7) is -0.0252. The van der Waals surface area contributed by atoms with Gasteiger partial charge in [0, 0.05) is 0 Å². The summed E-state index contributed by atoms with van der Waals surface area (Å²) in [5.74, 6) is -0.613. The Bertz CT molecular complexity index is 791. The Labute approximate surface area is 139 Å². The van der Waals surface area contributed by atoms with Gasteiger partial charge in [-0.3, -0.25) is 14.5 Å². The summed E-state index contributed by atoms with van der Waals surface area (Å²) in [5.41, 5.74) is 0.881. The number of methoxy groups -OCH3 is 1. The minimum absolute atomic E-state index is 0.0252. The van der Waals surface area contributed by atoms with Crippen molar-refractivity contribution in [2.75, 3.05) is 7.11 Å². The largest absolute Gasteiger partial charge is 0.463 e. The van der Waals surface area contributed by atoms with Crippen LogP contribution < -0.4 is 0 Å². The van der Waals surface area contributed by atoms with Crippen LogP contribution in [0, 0.1) is 0 Å². The van der Waals surface area contributed by atoms with Crippen LogP contribution in [0.4, 0.5) is 4.79 Å². The molecule has 0 unspecified atom stereocenters. The molecule has 0 saturated carbocycles. The van der Waals surface area contributed by atoms with Crippen molar-refractivity contribution >= 4 is 46.3 Å². The number of imide groups is 1. The van der Waals surface area contributed by atoms with Gasteiger partial charge in [-0.1, -0.05) is 0 Å². The van der Waals surface area contributed by atoms with Crippen LogP contribution in [0.25, 0.3) is 6.08 Å². The molecule has 3 rings (SSSR count). The van der Waals surface area contributed by atoms with Gasteiger partial charge in [0.2, 0.25) is 5.76 Å². The van der Waals surface area contributed by atoms with Gasteiger partial charge in [-0.15, -0.1) is 0 Å². The van der Waals surface area contributed by atoms with Crippen molar-refractivity contribution in [2.45, 2.75) is 6.54 Å². The van der Waals surface area contributed by atoms with Crippen LogP contribution in [0.3, 0.4) is 0 Å². The first kappa shape index (κ1) is 15.6. The molecular formula is C15H11NO5S2. The van der Waals surface area contributed by atoms with Gasteiger partial charge in [-0.05, 0) is 52.4 Å². The number of ether oxygens (including phenoxy) is 1. The van der Waals surface area contributed by atoms with Gasteiger partial charge in [-0.25, -0.2) is 4.79 Å². The number of thiophene rings is 1. The fraction of sp³-hybridized carbons (Fsp3) is 0.133. The number of carbonyl (C=O) groups excluding carboxylic acids is 3. The first-order valence-corrected chi connectivity index (χ1v) is 8.29. The third-order valence-corrected chi connectivity index (χ3v) is 4.69. The zero-order chi connectivity index (χ0) is 16.4. The van der Waals surface area contributed by atoms with Crippen molar-refractivity contribution in [2.24, 2.45) is 0 Å². The molecular weight excluding hydrogens is 338 g/mol. The van der Waals surface area contributed by atoms with Gasteiger partial charge >= 0.3 is 5.97 Å². The van der Waals surface area contributed by atoms with E-state index in [2.05, 4.69) is 4.74 Å². The van der Waals surface area contributed by atoms with E-state index in [0.717, 1.165) is 22.2 Å². The van der Waals surface area contributed by atoms with E-state index in [4.69, 9.17) is 4.42 Å². The quantitative estimate of drug-likeness (QED) is 0.622. The maximum atomic E-state index is 12.3. The van der Waals surface area contributed by atoms with E-state index in [1.807, 2.05) is 16.8 Å². The van der Waals surface area contributed by atoms with Crippen molar-refractivity contribution in [3.05, 3.63) is 50.9 Å². The number of hydrogen-bond acceptors (Lipinski definition) is 7. The molecule has 2 amide bonds. The number of esters is 1. The van der Waals surface area contributed by atoms with Crippen molar-refractivity contribution in [3.8, 4) is 0 Å². The van der Waals surface area contributed by atoms with Crippen LogP contribution in [-0.4, -0.2) is 29.1 Å². The lowest BCUT2D eigenvalue weighted by atomic mass is 10.3. The van der Waals surface area contributed by atoms with E-state index in [0.29, 0.717) is 10.7 Å². The van der Waals surface area contributed by atoms with Crippen molar-refractivity contribution in [1.29, 1.82) is 0 Å².